The molecule has 1 aromatic heterocycles. The van der Waals surface area contributed by atoms with Gasteiger partial charge in [-0.3, -0.25) is 10.1 Å². The Bertz CT molecular complexity index is 1380. The van der Waals surface area contributed by atoms with Crippen LogP contribution in [0.3, 0.4) is 0 Å². The monoisotopic (exact) mass is 456 g/mol. The Hall–Kier alpha value is -3.59. The summed E-state index contributed by atoms with van der Waals surface area (Å²) in [6.45, 7) is 0. The van der Waals surface area contributed by atoms with Crippen LogP contribution < -0.4 is 5.32 Å². The molecule has 32 heavy (non-hydrogen) atoms. The second-order valence-corrected chi connectivity index (χ2v) is 9.36. The van der Waals surface area contributed by atoms with Gasteiger partial charge < -0.3 is 4.42 Å². The van der Waals surface area contributed by atoms with Crippen molar-refractivity contribution in [1.82, 2.24) is 4.98 Å². The average Bonchev–Trinajstić information content (AvgIpc) is 3.14. The number of nitrogens with zero attached hydrogens (tertiary/aromatic N) is 1. The van der Waals surface area contributed by atoms with Crippen molar-refractivity contribution in [3.05, 3.63) is 89.5 Å². The zero-order chi connectivity index (χ0) is 22.9. The van der Waals surface area contributed by atoms with E-state index in [1.165, 1.54) is 42.5 Å². The molecule has 4 rings (SSSR count). The summed E-state index contributed by atoms with van der Waals surface area (Å²) in [5.74, 6) is -2.09. The molecule has 0 radical (unpaired) electrons. The lowest BCUT2D eigenvalue weighted by Gasteiger charge is -2.17. The predicted molar refractivity (Wildman–Crippen MR) is 115 cm³/mol. The molecule has 6 nitrogen and oxygen atoms in total. The summed E-state index contributed by atoms with van der Waals surface area (Å²) in [7, 11) is -3.39. The Balaban J connectivity index is 1.65. The largest absolute Gasteiger partial charge is 0.423 e. The molecule has 0 aliphatic carbocycles. The van der Waals surface area contributed by atoms with Gasteiger partial charge in [-0.25, -0.2) is 17.2 Å². The number of anilines is 1. The maximum Gasteiger partial charge on any atom is 0.302 e. The lowest BCUT2D eigenvalue weighted by Crippen LogP contribution is -2.23. The van der Waals surface area contributed by atoms with Crippen LogP contribution in [-0.2, 0) is 21.1 Å². The minimum absolute atomic E-state index is 0.0903. The minimum atomic E-state index is -3.39. The number of rotatable bonds is 6. The topological polar surface area (TPSA) is 89.3 Å². The van der Waals surface area contributed by atoms with Crippen LogP contribution in [0.1, 0.15) is 17.0 Å². The number of hydrogen-bond donors (Lipinski definition) is 1. The van der Waals surface area contributed by atoms with Crippen molar-refractivity contribution in [3.63, 3.8) is 0 Å². The number of fused-ring (bicyclic) bond motifs is 1. The first-order chi connectivity index (χ1) is 15.2. The Morgan fingerprint density at radius 1 is 1.00 bits per heavy atom. The van der Waals surface area contributed by atoms with Crippen LogP contribution in [0.4, 0.5) is 14.8 Å². The van der Waals surface area contributed by atoms with Crippen molar-refractivity contribution in [3.8, 4) is 0 Å². The van der Waals surface area contributed by atoms with Gasteiger partial charge in [0.25, 0.3) is 0 Å². The van der Waals surface area contributed by atoms with Gasteiger partial charge in [0.05, 0.1) is 10.8 Å². The fourth-order valence-electron chi connectivity index (χ4n) is 3.31. The third-order valence-electron chi connectivity index (χ3n) is 4.96. The van der Waals surface area contributed by atoms with Crippen molar-refractivity contribution < 1.29 is 26.4 Å². The molecule has 9 heteroatoms. The van der Waals surface area contributed by atoms with Gasteiger partial charge in [-0.1, -0.05) is 24.3 Å². The van der Waals surface area contributed by atoms with Crippen molar-refractivity contribution in [1.29, 1.82) is 0 Å². The minimum Gasteiger partial charge on any atom is -0.423 e. The number of halogens is 2. The lowest BCUT2D eigenvalue weighted by atomic mass is 9.91. The highest BCUT2D eigenvalue weighted by Crippen LogP contribution is 2.26. The molecule has 1 amide bonds. The van der Waals surface area contributed by atoms with Crippen LogP contribution in [0.2, 0.25) is 0 Å². The van der Waals surface area contributed by atoms with Crippen LogP contribution in [0.15, 0.2) is 76.0 Å². The fraction of sp³-hybridized carbons (Fsp3) is 0.130. The van der Waals surface area contributed by atoms with Gasteiger partial charge in [0, 0.05) is 12.3 Å². The number of hydrogen-bond acceptors (Lipinski definition) is 5. The summed E-state index contributed by atoms with van der Waals surface area (Å²) in [5.41, 5.74) is 1.84. The summed E-state index contributed by atoms with van der Waals surface area (Å²) in [6, 6.07) is 15.4. The quantitative estimate of drug-likeness (QED) is 0.462. The van der Waals surface area contributed by atoms with Crippen molar-refractivity contribution in [2.45, 2.75) is 17.2 Å². The first-order valence-electron chi connectivity index (χ1n) is 9.60. The summed E-state index contributed by atoms with van der Waals surface area (Å²) in [5, 5.41) is 2.59. The highest BCUT2D eigenvalue weighted by Gasteiger charge is 2.24. The molecule has 3 aromatic carbocycles. The van der Waals surface area contributed by atoms with E-state index in [4.69, 9.17) is 4.42 Å². The zero-order valence-electron chi connectivity index (χ0n) is 16.9. The van der Waals surface area contributed by atoms with Crippen LogP contribution >= 0.6 is 0 Å². The molecule has 0 aliphatic rings. The Morgan fingerprint density at radius 2 is 1.66 bits per heavy atom. The van der Waals surface area contributed by atoms with Crippen molar-refractivity contribution in [2.75, 3.05) is 11.6 Å². The highest BCUT2D eigenvalue weighted by atomic mass is 32.2. The molecule has 1 N–H and O–H groups in total. The van der Waals surface area contributed by atoms with E-state index < -0.39 is 33.3 Å². The molecule has 1 unspecified atom stereocenters. The zero-order valence-corrected chi connectivity index (χ0v) is 17.7. The standard InChI is InChI=1S/C23H18F2N2O4S/c1-32(29,30)18-9-4-15(5-10-18)19(12-14-2-6-16(24)7-3-14)22(28)27-23-26-20-13-17(25)8-11-21(20)31-23/h2-11,13,19H,12H2,1H3,(H,26,27,28). The predicted octanol–water partition coefficient (Wildman–Crippen LogP) is 4.47. The molecule has 1 atom stereocenters. The molecule has 0 aliphatic heterocycles. The molecular weight excluding hydrogens is 438 g/mol. The molecule has 164 valence electrons. The van der Waals surface area contributed by atoms with Gasteiger partial charge in [-0.15, -0.1) is 0 Å². The number of nitrogens with one attached hydrogen (secondary N) is 1. The molecule has 0 spiro atoms. The number of aromatic nitrogens is 1. The number of carbonyl (C=O) groups excluding carboxylic acids is 1. The van der Waals surface area contributed by atoms with Gasteiger partial charge in [0.2, 0.25) is 5.91 Å². The third-order valence-corrected chi connectivity index (χ3v) is 6.09. The number of amides is 1. The summed E-state index contributed by atoms with van der Waals surface area (Å²) < 4.78 is 55.7. The highest BCUT2D eigenvalue weighted by molar-refractivity contribution is 7.90. The molecule has 1 heterocycles. The van der Waals surface area contributed by atoms with Crippen LogP contribution in [0.5, 0.6) is 0 Å². The molecule has 0 saturated carbocycles. The molecule has 0 bridgehead atoms. The average molecular weight is 456 g/mol. The fourth-order valence-corrected chi connectivity index (χ4v) is 3.94. The van der Waals surface area contributed by atoms with Gasteiger partial charge in [-0.05, 0) is 53.9 Å². The Labute approximate surface area is 182 Å². The van der Waals surface area contributed by atoms with Crippen LogP contribution in [0.25, 0.3) is 11.1 Å². The molecule has 0 fully saturated rings. The van der Waals surface area contributed by atoms with Gasteiger partial charge in [-0.2, -0.15) is 4.98 Å². The van der Waals surface area contributed by atoms with Gasteiger partial charge in [0.1, 0.15) is 17.2 Å². The summed E-state index contributed by atoms with van der Waals surface area (Å²) in [4.78, 5) is 17.3. The lowest BCUT2D eigenvalue weighted by molar-refractivity contribution is -0.117. The Kier molecular flexibility index (Phi) is 5.75. The molecule has 0 saturated heterocycles. The van der Waals surface area contributed by atoms with E-state index in [-0.39, 0.29) is 22.8 Å². The second-order valence-electron chi connectivity index (χ2n) is 7.34. The smallest absolute Gasteiger partial charge is 0.302 e. The van der Waals surface area contributed by atoms with Crippen LogP contribution in [-0.4, -0.2) is 25.6 Å². The number of carbonyl (C=O) groups is 1. The van der Waals surface area contributed by atoms with E-state index in [0.717, 1.165) is 6.26 Å². The normalized spacial score (nSPS) is 12.6. The number of sulfone groups is 1. The SMILES string of the molecule is CS(=O)(=O)c1ccc(C(Cc2ccc(F)cc2)C(=O)Nc2nc3cc(F)ccc3o2)cc1. The second kappa shape index (κ2) is 8.51. The first-order valence-corrected chi connectivity index (χ1v) is 11.5. The van der Waals surface area contributed by atoms with Gasteiger partial charge in [0.15, 0.2) is 15.4 Å². The van der Waals surface area contributed by atoms with E-state index >= 15 is 0 Å². The first kappa shape index (κ1) is 21.6. The maximum absolute atomic E-state index is 13.4. The van der Waals surface area contributed by atoms with E-state index in [0.29, 0.717) is 16.7 Å². The van der Waals surface area contributed by atoms with Crippen molar-refractivity contribution >= 4 is 32.9 Å². The Morgan fingerprint density at radius 3 is 2.31 bits per heavy atom. The number of benzene rings is 3. The number of oxazole rings is 1. The summed E-state index contributed by atoms with van der Waals surface area (Å²) in [6.07, 6.45) is 1.32. The van der Waals surface area contributed by atoms with E-state index in [2.05, 4.69) is 10.3 Å². The molecule has 4 aromatic rings. The summed E-state index contributed by atoms with van der Waals surface area (Å²) >= 11 is 0. The maximum atomic E-state index is 13.4. The van der Waals surface area contributed by atoms with Crippen molar-refractivity contribution in [2.24, 2.45) is 0 Å². The third kappa shape index (κ3) is 4.83. The van der Waals surface area contributed by atoms with E-state index in [9.17, 15) is 22.0 Å². The van der Waals surface area contributed by atoms with Gasteiger partial charge >= 0.3 is 6.01 Å². The van der Waals surface area contributed by atoms with E-state index in [1.807, 2.05) is 0 Å². The van der Waals surface area contributed by atoms with E-state index in [1.54, 1.807) is 24.3 Å². The van der Waals surface area contributed by atoms with Crippen LogP contribution in [0, 0.1) is 11.6 Å². The molecular formula is C23H18F2N2O4S.